The van der Waals surface area contributed by atoms with Crippen molar-refractivity contribution >= 4 is 0 Å². The Balaban J connectivity index is 2.71. The Labute approximate surface area is 95.2 Å². The zero-order valence-corrected chi connectivity index (χ0v) is 10.8. The highest BCUT2D eigenvalue weighted by Gasteiger charge is 2.41. The van der Waals surface area contributed by atoms with Crippen molar-refractivity contribution in [3.05, 3.63) is 0 Å². The first-order valence-corrected chi connectivity index (χ1v) is 6.70. The maximum Gasteiger partial charge on any atom is 0.0331 e. The summed E-state index contributed by atoms with van der Waals surface area (Å²) in [6.07, 6.45) is 7.75. The average molecular weight is 212 g/mol. The van der Waals surface area contributed by atoms with Crippen LogP contribution in [0.3, 0.4) is 0 Å². The molecule has 2 heteroatoms. The first-order chi connectivity index (χ1) is 7.24. The van der Waals surface area contributed by atoms with E-state index in [-0.39, 0.29) is 0 Å². The lowest BCUT2D eigenvalue weighted by Gasteiger charge is -2.43. The lowest BCUT2D eigenvalue weighted by molar-refractivity contribution is 0.0709. The molecule has 90 valence electrons. The molecule has 1 saturated carbocycles. The average Bonchev–Trinajstić information content (AvgIpc) is 3.07. The van der Waals surface area contributed by atoms with Gasteiger partial charge >= 0.3 is 0 Å². The van der Waals surface area contributed by atoms with Crippen LogP contribution in [0.25, 0.3) is 0 Å². The predicted molar refractivity (Wildman–Crippen MR) is 67.0 cm³/mol. The first-order valence-electron chi connectivity index (χ1n) is 6.70. The molecule has 0 bridgehead atoms. The second-order valence-electron chi connectivity index (χ2n) is 4.96. The van der Waals surface area contributed by atoms with Crippen molar-refractivity contribution in [1.29, 1.82) is 0 Å². The fourth-order valence-corrected chi connectivity index (χ4v) is 2.79. The number of hydrogen-bond acceptors (Lipinski definition) is 2. The summed E-state index contributed by atoms with van der Waals surface area (Å²) in [5, 5.41) is 0. The SMILES string of the molecule is CCCN(C1CC1)C(CC)(CN)CCC. The van der Waals surface area contributed by atoms with Crippen molar-refractivity contribution in [2.24, 2.45) is 5.73 Å². The van der Waals surface area contributed by atoms with E-state index in [2.05, 4.69) is 25.7 Å². The van der Waals surface area contributed by atoms with Gasteiger partial charge in [-0.2, -0.15) is 0 Å². The second kappa shape index (κ2) is 5.86. The molecule has 0 aromatic carbocycles. The van der Waals surface area contributed by atoms with E-state index >= 15 is 0 Å². The molecule has 1 fully saturated rings. The molecule has 1 aliphatic carbocycles. The number of hydrogen-bond donors (Lipinski definition) is 1. The maximum absolute atomic E-state index is 6.06. The van der Waals surface area contributed by atoms with E-state index in [0.717, 1.165) is 12.6 Å². The van der Waals surface area contributed by atoms with Crippen molar-refractivity contribution in [2.75, 3.05) is 13.1 Å². The molecule has 1 aliphatic rings. The molecule has 0 aliphatic heterocycles. The van der Waals surface area contributed by atoms with Crippen LogP contribution in [0.1, 0.15) is 59.3 Å². The Kier molecular flexibility index (Phi) is 5.07. The van der Waals surface area contributed by atoms with Gasteiger partial charge in [0.05, 0.1) is 0 Å². The Bertz CT molecular complexity index is 171. The van der Waals surface area contributed by atoms with Crippen molar-refractivity contribution in [3.8, 4) is 0 Å². The smallest absolute Gasteiger partial charge is 0.0331 e. The third-order valence-electron chi connectivity index (χ3n) is 3.81. The van der Waals surface area contributed by atoms with Gasteiger partial charge in [0.2, 0.25) is 0 Å². The summed E-state index contributed by atoms with van der Waals surface area (Å²) in [6, 6.07) is 0.847. The van der Waals surface area contributed by atoms with Crippen LogP contribution in [0.4, 0.5) is 0 Å². The summed E-state index contributed by atoms with van der Waals surface area (Å²) in [7, 11) is 0. The fraction of sp³-hybridized carbons (Fsp3) is 1.00. The van der Waals surface area contributed by atoms with Crippen molar-refractivity contribution < 1.29 is 0 Å². The highest BCUT2D eigenvalue weighted by Crippen LogP contribution is 2.36. The third-order valence-corrected chi connectivity index (χ3v) is 3.81. The molecule has 15 heavy (non-hydrogen) atoms. The minimum Gasteiger partial charge on any atom is -0.329 e. The van der Waals surface area contributed by atoms with Crippen LogP contribution in [0, 0.1) is 0 Å². The molecular weight excluding hydrogens is 184 g/mol. The van der Waals surface area contributed by atoms with Gasteiger partial charge in [-0.1, -0.05) is 27.2 Å². The van der Waals surface area contributed by atoms with E-state index in [1.54, 1.807) is 0 Å². The molecule has 1 rings (SSSR count). The van der Waals surface area contributed by atoms with Crippen LogP contribution in [0.5, 0.6) is 0 Å². The highest BCUT2D eigenvalue weighted by molar-refractivity contribution is 4.98. The van der Waals surface area contributed by atoms with E-state index in [1.807, 2.05) is 0 Å². The van der Waals surface area contributed by atoms with Crippen LogP contribution >= 0.6 is 0 Å². The largest absolute Gasteiger partial charge is 0.329 e. The standard InChI is InChI=1S/C13H28N2/c1-4-9-13(6-3,11-14)15(10-5-2)12-7-8-12/h12H,4-11,14H2,1-3H3. The lowest BCUT2D eigenvalue weighted by atomic mass is 9.88. The van der Waals surface area contributed by atoms with Gasteiger partial charge in [0.25, 0.3) is 0 Å². The van der Waals surface area contributed by atoms with Gasteiger partial charge in [-0.05, 0) is 38.6 Å². The molecule has 2 N–H and O–H groups in total. The van der Waals surface area contributed by atoms with Crippen molar-refractivity contribution in [2.45, 2.75) is 70.9 Å². The zero-order chi connectivity index (χ0) is 11.3. The Hall–Kier alpha value is -0.0800. The quantitative estimate of drug-likeness (QED) is 0.670. The molecule has 2 nitrogen and oxygen atoms in total. The summed E-state index contributed by atoms with van der Waals surface area (Å²) in [6.45, 7) is 8.91. The molecule has 1 unspecified atom stereocenters. The molecule has 1 atom stereocenters. The van der Waals surface area contributed by atoms with Crippen LogP contribution in [0.2, 0.25) is 0 Å². The lowest BCUT2D eigenvalue weighted by Crippen LogP contribution is -2.54. The van der Waals surface area contributed by atoms with Gasteiger partial charge in [-0.3, -0.25) is 4.90 Å². The molecular formula is C13H28N2. The van der Waals surface area contributed by atoms with Gasteiger partial charge in [-0.15, -0.1) is 0 Å². The zero-order valence-electron chi connectivity index (χ0n) is 10.8. The van der Waals surface area contributed by atoms with Crippen LogP contribution < -0.4 is 5.73 Å². The van der Waals surface area contributed by atoms with Crippen molar-refractivity contribution in [1.82, 2.24) is 4.90 Å². The number of nitrogens with two attached hydrogens (primary N) is 1. The number of nitrogens with zero attached hydrogens (tertiary/aromatic N) is 1. The number of rotatable bonds is 8. The van der Waals surface area contributed by atoms with Gasteiger partial charge in [0.15, 0.2) is 0 Å². The normalized spacial score (nSPS) is 20.6. The monoisotopic (exact) mass is 212 g/mol. The molecule has 0 radical (unpaired) electrons. The molecule has 0 aromatic rings. The molecule has 0 saturated heterocycles. The molecule has 0 spiro atoms. The van der Waals surface area contributed by atoms with Gasteiger partial charge in [0, 0.05) is 18.1 Å². The van der Waals surface area contributed by atoms with Gasteiger partial charge < -0.3 is 5.73 Å². The fourth-order valence-electron chi connectivity index (χ4n) is 2.79. The third kappa shape index (κ3) is 2.94. The topological polar surface area (TPSA) is 29.3 Å². The summed E-state index contributed by atoms with van der Waals surface area (Å²) in [5.41, 5.74) is 6.36. The molecule has 0 aromatic heterocycles. The van der Waals surface area contributed by atoms with Crippen LogP contribution in [-0.2, 0) is 0 Å². The van der Waals surface area contributed by atoms with Gasteiger partial charge in [0.1, 0.15) is 0 Å². The minimum atomic E-state index is 0.298. The summed E-state index contributed by atoms with van der Waals surface area (Å²) in [5.74, 6) is 0. The Morgan fingerprint density at radius 1 is 1.20 bits per heavy atom. The van der Waals surface area contributed by atoms with E-state index in [0.29, 0.717) is 5.54 Å². The van der Waals surface area contributed by atoms with Crippen LogP contribution in [-0.4, -0.2) is 29.6 Å². The Morgan fingerprint density at radius 3 is 2.20 bits per heavy atom. The van der Waals surface area contributed by atoms with Gasteiger partial charge in [-0.25, -0.2) is 0 Å². The van der Waals surface area contributed by atoms with Crippen LogP contribution in [0.15, 0.2) is 0 Å². The minimum absolute atomic E-state index is 0.298. The van der Waals surface area contributed by atoms with Crippen molar-refractivity contribution in [3.63, 3.8) is 0 Å². The molecule has 0 heterocycles. The highest BCUT2D eigenvalue weighted by atomic mass is 15.3. The van der Waals surface area contributed by atoms with E-state index < -0.39 is 0 Å². The maximum atomic E-state index is 6.06. The summed E-state index contributed by atoms with van der Waals surface area (Å²) in [4.78, 5) is 2.72. The first kappa shape index (κ1) is 13.0. The van der Waals surface area contributed by atoms with E-state index in [9.17, 15) is 0 Å². The van der Waals surface area contributed by atoms with E-state index in [4.69, 9.17) is 5.73 Å². The Morgan fingerprint density at radius 2 is 1.87 bits per heavy atom. The second-order valence-corrected chi connectivity index (χ2v) is 4.96. The summed E-state index contributed by atoms with van der Waals surface area (Å²) >= 11 is 0. The van der Waals surface area contributed by atoms with E-state index in [1.165, 1.54) is 45.1 Å². The predicted octanol–water partition coefficient (Wildman–Crippen LogP) is 2.77. The molecule has 0 amide bonds. The summed E-state index contributed by atoms with van der Waals surface area (Å²) < 4.78 is 0.